The Morgan fingerprint density at radius 2 is 1.89 bits per heavy atom. The summed E-state index contributed by atoms with van der Waals surface area (Å²) in [5.41, 5.74) is 7.84. The Bertz CT molecular complexity index is 479. The van der Waals surface area contributed by atoms with Crippen LogP contribution < -0.4 is 11.1 Å². The van der Waals surface area contributed by atoms with Crippen LogP contribution in [0.25, 0.3) is 0 Å². The van der Waals surface area contributed by atoms with E-state index in [1.807, 2.05) is 12.1 Å². The first-order chi connectivity index (χ1) is 8.74. The number of halogens is 1. The zero-order chi connectivity index (χ0) is 12.8. The van der Waals surface area contributed by atoms with Crippen LogP contribution in [0.2, 0.25) is 0 Å². The molecule has 1 aromatic heterocycles. The minimum absolute atomic E-state index is 0.833. The van der Waals surface area contributed by atoms with Crippen LogP contribution in [0.15, 0.2) is 40.2 Å². The highest BCUT2D eigenvalue weighted by atomic mass is 79.9. The average molecular weight is 325 g/mol. The fraction of sp³-hybridized carbons (Fsp3) is 0.286. The van der Waals surface area contributed by atoms with Gasteiger partial charge in [0.1, 0.15) is 0 Å². The largest absolute Gasteiger partial charge is 0.399 e. The SMILES string of the molecule is Nc1ccc(CCCNCc2ccc(Br)s2)cc1. The lowest BCUT2D eigenvalue weighted by Crippen LogP contribution is -2.14. The molecule has 0 saturated heterocycles. The predicted molar refractivity (Wildman–Crippen MR) is 82.9 cm³/mol. The van der Waals surface area contributed by atoms with Gasteiger partial charge in [0.25, 0.3) is 0 Å². The van der Waals surface area contributed by atoms with Crippen LogP contribution in [0.4, 0.5) is 5.69 Å². The van der Waals surface area contributed by atoms with Crippen LogP contribution in [0, 0.1) is 0 Å². The Hall–Kier alpha value is -0.840. The molecule has 96 valence electrons. The van der Waals surface area contributed by atoms with Crippen molar-refractivity contribution in [2.24, 2.45) is 0 Å². The van der Waals surface area contributed by atoms with Crippen molar-refractivity contribution in [3.05, 3.63) is 50.6 Å². The molecule has 0 amide bonds. The highest BCUT2D eigenvalue weighted by Crippen LogP contribution is 2.21. The van der Waals surface area contributed by atoms with Crippen molar-refractivity contribution < 1.29 is 0 Å². The van der Waals surface area contributed by atoms with Crippen molar-refractivity contribution >= 4 is 33.0 Å². The molecular formula is C14H17BrN2S. The van der Waals surface area contributed by atoms with Crippen molar-refractivity contribution in [3.8, 4) is 0 Å². The Kier molecular flexibility index (Phi) is 5.23. The van der Waals surface area contributed by atoms with Crippen molar-refractivity contribution in [1.29, 1.82) is 0 Å². The predicted octanol–water partition coefficient (Wildman–Crippen LogP) is 3.82. The van der Waals surface area contributed by atoms with Gasteiger partial charge < -0.3 is 11.1 Å². The molecule has 2 aromatic rings. The topological polar surface area (TPSA) is 38.0 Å². The maximum absolute atomic E-state index is 5.65. The molecule has 0 spiro atoms. The molecule has 18 heavy (non-hydrogen) atoms. The molecule has 4 heteroatoms. The van der Waals surface area contributed by atoms with Gasteiger partial charge in [0.05, 0.1) is 3.79 Å². The van der Waals surface area contributed by atoms with E-state index in [0.29, 0.717) is 0 Å². The minimum Gasteiger partial charge on any atom is -0.399 e. The van der Waals surface area contributed by atoms with Crippen LogP contribution in [0.1, 0.15) is 16.9 Å². The smallest absolute Gasteiger partial charge is 0.0701 e. The quantitative estimate of drug-likeness (QED) is 0.626. The van der Waals surface area contributed by atoms with Gasteiger partial charge in [-0.1, -0.05) is 12.1 Å². The summed E-state index contributed by atoms with van der Waals surface area (Å²) in [7, 11) is 0. The fourth-order valence-corrected chi connectivity index (χ4v) is 3.21. The van der Waals surface area contributed by atoms with Gasteiger partial charge >= 0.3 is 0 Å². The number of nitrogen functional groups attached to an aromatic ring is 1. The van der Waals surface area contributed by atoms with Crippen LogP contribution in [0.3, 0.4) is 0 Å². The molecule has 0 unspecified atom stereocenters. The summed E-state index contributed by atoms with van der Waals surface area (Å²) < 4.78 is 1.20. The molecule has 0 aliphatic rings. The van der Waals surface area contributed by atoms with E-state index in [2.05, 4.69) is 45.5 Å². The third-order valence-electron chi connectivity index (χ3n) is 2.73. The number of aryl methyl sites for hydroxylation is 1. The van der Waals surface area contributed by atoms with Gasteiger partial charge in [0.2, 0.25) is 0 Å². The molecular weight excluding hydrogens is 308 g/mol. The number of rotatable bonds is 6. The van der Waals surface area contributed by atoms with Gasteiger partial charge in [0.15, 0.2) is 0 Å². The van der Waals surface area contributed by atoms with Crippen molar-refractivity contribution in [2.45, 2.75) is 19.4 Å². The normalized spacial score (nSPS) is 10.7. The number of hydrogen-bond acceptors (Lipinski definition) is 3. The summed E-state index contributed by atoms with van der Waals surface area (Å²) in [6, 6.07) is 12.4. The van der Waals surface area contributed by atoms with E-state index in [9.17, 15) is 0 Å². The Balaban J connectivity index is 1.63. The third-order valence-corrected chi connectivity index (χ3v) is 4.35. The van der Waals surface area contributed by atoms with Crippen LogP contribution in [0.5, 0.6) is 0 Å². The van der Waals surface area contributed by atoms with Gasteiger partial charge in [0, 0.05) is 17.1 Å². The van der Waals surface area contributed by atoms with E-state index in [-0.39, 0.29) is 0 Å². The van der Waals surface area contributed by atoms with Gasteiger partial charge in [-0.3, -0.25) is 0 Å². The van der Waals surface area contributed by atoms with E-state index >= 15 is 0 Å². The Labute approximate surface area is 120 Å². The van der Waals surface area contributed by atoms with Crippen LogP contribution in [-0.2, 0) is 13.0 Å². The molecule has 1 heterocycles. The molecule has 2 rings (SSSR count). The molecule has 2 nitrogen and oxygen atoms in total. The Morgan fingerprint density at radius 3 is 2.56 bits per heavy atom. The first-order valence-electron chi connectivity index (χ1n) is 6.03. The van der Waals surface area contributed by atoms with Crippen LogP contribution in [-0.4, -0.2) is 6.54 Å². The lowest BCUT2D eigenvalue weighted by Gasteiger charge is -2.04. The second-order valence-electron chi connectivity index (χ2n) is 4.23. The van der Waals surface area contributed by atoms with Crippen molar-refractivity contribution in [3.63, 3.8) is 0 Å². The summed E-state index contributed by atoms with van der Waals surface area (Å²) in [4.78, 5) is 1.37. The standard InChI is InChI=1S/C14H17BrN2S/c15-14-8-7-13(18-14)10-17-9-1-2-11-3-5-12(16)6-4-11/h3-8,17H,1-2,9-10,16H2. The number of nitrogens with one attached hydrogen (secondary N) is 1. The third kappa shape index (κ3) is 4.44. The molecule has 0 saturated carbocycles. The number of nitrogens with two attached hydrogens (primary N) is 1. The first kappa shape index (κ1) is 13.6. The molecule has 0 atom stereocenters. The van der Waals surface area contributed by atoms with E-state index in [1.165, 1.54) is 14.2 Å². The molecule has 0 radical (unpaired) electrons. The molecule has 0 aliphatic carbocycles. The maximum Gasteiger partial charge on any atom is 0.0701 e. The molecule has 0 bridgehead atoms. The number of hydrogen-bond donors (Lipinski definition) is 2. The molecule has 0 aliphatic heterocycles. The lowest BCUT2D eigenvalue weighted by atomic mass is 10.1. The first-order valence-corrected chi connectivity index (χ1v) is 7.64. The zero-order valence-electron chi connectivity index (χ0n) is 10.2. The number of thiophene rings is 1. The summed E-state index contributed by atoms with van der Waals surface area (Å²) >= 11 is 5.26. The highest BCUT2D eigenvalue weighted by Gasteiger charge is 1.97. The molecule has 0 fully saturated rings. The number of benzene rings is 1. The summed E-state index contributed by atoms with van der Waals surface area (Å²) in [6.45, 7) is 2.00. The van der Waals surface area contributed by atoms with Gasteiger partial charge in [-0.15, -0.1) is 11.3 Å². The lowest BCUT2D eigenvalue weighted by molar-refractivity contribution is 0.654. The second-order valence-corrected chi connectivity index (χ2v) is 6.78. The number of anilines is 1. The van der Waals surface area contributed by atoms with Gasteiger partial charge in [-0.25, -0.2) is 0 Å². The zero-order valence-corrected chi connectivity index (χ0v) is 12.6. The Morgan fingerprint density at radius 1 is 1.11 bits per heavy atom. The minimum atomic E-state index is 0.833. The highest BCUT2D eigenvalue weighted by molar-refractivity contribution is 9.11. The maximum atomic E-state index is 5.65. The van der Waals surface area contributed by atoms with Crippen molar-refractivity contribution in [1.82, 2.24) is 5.32 Å². The van der Waals surface area contributed by atoms with E-state index in [1.54, 1.807) is 11.3 Å². The van der Waals surface area contributed by atoms with Gasteiger partial charge in [-0.05, 0) is 65.1 Å². The van der Waals surface area contributed by atoms with Crippen molar-refractivity contribution in [2.75, 3.05) is 12.3 Å². The van der Waals surface area contributed by atoms with E-state index < -0.39 is 0 Å². The summed E-state index contributed by atoms with van der Waals surface area (Å²) in [6.07, 6.45) is 2.25. The second kappa shape index (κ2) is 6.92. The van der Waals surface area contributed by atoms with E-state index in [4.69, 9.17) is 5.73 Å². The fourth-order valence-electron chi connectivity index (χ4n) is 1.76. The van der Waals surface area contributed by atoms with Crippen LogP contribution >= 0.6 is 27.3 Å². The van der Waals surface area contributed by atoms with E-state index in [0.717, 1.165) is 31.6 Å². The van der Waals surface area contributed by atoms with Gasteiger partial charge in [-0.2, -0.15) is 0 Å². The monoisotopic (exact) mass is 324 g/mol. The summed E-state index contributed by atoms with van der Waals surface area (Å²) in [5, 5.41) is 3.46. The summed E-state index contributed by atoms with van der Waals surface area (Å²) in [5.74, 6) is 0. The average Bonchev–Trinajstić information content (AvgIpc) is 2.77. The molecule has 1 aromatic carbocycles. The molecule has 3 N–H and O–H groups in total.